The smallest absolute Gasteiger partial charge is 0.0944 e. The summed E-state index contributed by atoms with van der Waals surface area (Å²) < 4.78 is 0. The highest BCUT2D eigenvalue weighted by Gasteiger charge is 2.17. The first-order chi connectivity index (χ1) is 9.76. The van der Waals surface area contributed by atoms with Crippen molar-refractivity contribution in [3.05, 3.63) is 36.2 Å². The predicted molar refractivity (Wildman–Crippen MR) is 82.4 cm³/mol. The number of hydrogen-bond acceptors (Lipinski definition) is 3. The Balaban J connectivity index is 2.16. The van der Waals surface area contributed by atoms with Crippen LogP contribution in [0, 0.1) is 5.92 Å². The third-order valence-corrected chi connectivity index (χ3v) is 3.99. The molecule has 0 amide bonds. The van der Waals surface area contributed by atoms with Crippen LogP contribution < -0.4 is 0 Å². The van der Waals surface area contributed by atoms with Crippen LogP contribution in [0.3, 0.4) is 0 Å². The van der Waals surface area contributed by atoms with E-state index in [1.807, 2.05) is 18.2 Å². The Morgan fingerprint density at radius 2 is 1.95 bits per heavy atom. The van der Waals surface area contributed by atoms with Crippen molar-refractivity contribution >= 4 is 11.0 Å². The largest absolute Gasteiger partial charge is 0.388 e. The lowest BCUT2D eigenvalue weighted by molar-refractivity contribution is 0.140. The molecule has 1 aromatic heterocycles. The second kappa shape index (κ2) is 7.34. The molecule has 0 aliphatic heterocycles. The van der Waals surface area contributed by atoms with Gasteiger partial charge in [0.1, 0.15) is 0 Å². The average Bonchev–Trinajstić information content (AvgIpc) is 2.50. The molecule has 3 nitrogen and oxygen atoms in total. The molecule has 3 heteroatoms. The first-order valence-corrected chi connectivity index (χ1v) is 7.64. The summed E-state index contributed by atoms with van der Waals surface area (Å²) in [6, 6.07) is 5.85. The number of para-hydroxylation sites is 1. The number of aromatic nitrogens is 2. The molecule has 1 N–H and O–H groups in total. The van der Waals surface area contributed by atoms with Crippen LogP contribution in [0.2, 0.25) is 0 Å². The van der Waals surface area contributed by atoms with Crippen molar-refractivity contribution in [1.29, 1.82) is 0 Å². The molecule has 2 rings (SSSR count). The zero-order chi connectivity index (χ0) is 14.4. The lowest BCUT2D eigenvalue weighted by atomic mass is 9.90. The number of hydrogen-bond donors (Lipinski definition) is 1. The summed E-state index contributed by atoms with van der Waals surface area (Å²) in [7, 11) is 0. The maximum absolute atomic E-state index is 10.6. The van der Waals surface area contributed by atoms with Gasteiger partial charge in [-0.1, -0.05) is 51.7 Å². The van der Waals surface area contributed by atoms with Gasteiger partial charge in [-0.3, -0.25) is 9.97 Å². The molecule has 0 saturated heterocycles. The number of nitrogens with zero attached hydrogens (tertiary/aromatic N) is 2. The van der Waals surface area contributed by atoms with E-state index in [9.17, 15) is 5.11 Å². The molecule has 2 aromatic rings. The Kier molecular flexibility index (Phi) is 5.48. The van der Waals surface area contributed by atoms with E-state index in [0.29, 0.717) is 5.92 Å². The van der Waals surface area contributed by atoms with E-state index < -0.39 is 6.10 Å². The quantitative estimate of drug-likeness (QED) is 0.818. The highest BCUT2D eigenvalue weighted by Crippen LogP contribution is 2.29. The Labute approximate surface area is 121 Å². The second-order valence-electron chi connectivity index (χ2n) is 5.44. The van der Waals surface area contributed by atoms with Crippen molar-refractivity contribution in [2.24, 2.45) is 5.92 Å². The SMILES string of the molecule is CCCCC(CC)CC(O)c1cccc2nccnc12. The molecule has 20 heavy (non-hydrogen) atoms. The van der Waals surface area contributed by atoms with E-state index >= 15 is 0 Å². The molecule has 0 spiro atoms. The lowest BCUT2D eigenvalue weighted by Gasteiger charge is -2.19. The van der Waals surface area contributed by atoms with Gasteiger partial charge < -0.3 is 5.11 Å². The average molecular weight is 272 g/mol. The van der Waals surface area contributed by atoms with E-state index in [2.05, 4.69) is 23.8 Å². The predicted octanol–water partition coefficient (Wildman–Crippen LogP) is 4.27. The van der Waals surface area contributed by atoms with Crippen molar-refractivity contribution in [3.63, 3.8) is 0 Å². The molecule has 0 radical (unpaired) electrons. The topological polar surface area (TPSA) is 46.0 Å². The summed E-state index contributed by atoms with van der Waals surface area (Å²) in [5, 5.41) is 10.6. The number of aliphatic hydroxyl groups excluding tert-OH is 1. The monoisotopic (exact) mass is 272 g/mol. The van der Waals surface area contributed by atoms with Crippen LogP contribution in [-0.4, -0.2) is 15.1 Å². The van der Waals surface area contributed by atoms with Gasteiger partial charge in [-0.25, -0.2) is 0 Å². The molecular weight excluding hydrogens is 248 g/mol. The number of unbranched alkanes of at least 4 members (excludes halogenated alkanes) is 1. The van der Waals surface area contributed by atoms with E-state index in [0.717, 1.165) is 29.4 Å². The molecule has 0 aliphatic rings. The molecule has 2 atom stereocenters. The van der Waals surface area contributed by atoms with E-state index in [1.54, 1.807) is 12.4 Å². The van der Waals surface area contributed by atoms with Gasteiger partial charge in [0.25, 0.3) is 0 Å². The van der Waals surface area contributed by atoms with Gasteiger partial charge in [-0.05, 0) is 18.4 Å². The highest BCUT2D eigenvalue weighted by atomic mass is 16.3. The first-order valence-electron chi connectivity index (χ1n) is 7.64. The molecule has 0 aliphatic carbocycles. The molecule has 108 valence electrons. The lowest BCUT2D eigenvalue weighted by Crippen LogP contribution is -2.08. The number of rotatable bonds is 7. The maximum atomic E-state index is 10.6. The molecular formula is C17H24N2O. The standard InChI is InChI=1S/C17H24N2O/c1-3-5-7-13(4-2)12-16(20)14-8-6-9-15-17(14)19-11-10-18-15/h6,8-11,13,16,20H,3-5,7,12H2,1-2H3. The van der Waals surface area contributed by atoms with Crippen molar-refractivity contribution < 1.29 is 5.11 Å². The number of benzene rings is 1. The zero-order valence-corrected chi connectivity index (χ0v) is 12.4. The molecule has 0 fully saturated rings. The molecule has 2 unspecified atom stereocenters. The molecule has 0 saturated carbocycles. The van der Waals surface area contributed by atoms with Crippen molar-refractivity contribution in [2.75, 3.05) is 0 Å². The van der Waals surface area contributed by atoms with Crippen LogP contribution in [0.15, 0.2) is 30.6 Å². The molecule has 1 heterocycles. The highest BCUT2D eigenvalue weighted by molar-refractivity contribution is 5.77. The Morgan fingerprint density at radius 3 is 2.70 bits per heavy atom. The van der Waals surface area contributed by atoms with Crippen LogP contribution in [0.1, 0.15) is 57.6 Å². The molecule has 0 bridgehead atoms. The minimum atomic E-state index is -0.447. The van der Waals surface area contributed by atoms with Crippen LogP contribution in [0.5, 0.6) is 0 Å². The van der Waals surface area contributed by atoms with Gasteiger partial charge in [-0.2, -0.15) is 0 Å². The van der Waals surface area contributed by atoms with Crippen LogP contribution in [0.4, 0.5) is 0 Å². The van der Waals surface area contributed by atoms with Gasteiger partial charge in [0.05, 0.1) is 17.1 Å². The summed E-state index contributed by atoms with van der Waals surface area (Å²) in [6.07, 6.45) is 8.51. The fraction of sp³-hybridized carbons (Fsp3) is 0.529. The number of aliphatic hydroxyl groups is 1. The van der Waals surface area contributed by atoms with E-state index in [1.165, 1.54) is 19.3 Å². The van der Waals surface area contributed by atoms with Gasteiger partial charge in [0.15, 0.2) is 0 Å². The zero-order valence-electron chi connectivity index (χ0n) is 12.4. The van der Waals surface area contributed by atoms with E-state index in [4.69, 9.17) is 0 Å². The minimum Gasteiger partial charge on any atom is -0.388 e. The fourth-order valence-electron chi connectivity index (χ4n) is 2.71. The third-order valence-electron chi connectivity index (χ3n) is 3.99. The van der Waals surface area contributed by atoms with Gasteiger partial charge in [0.2, 0.25) is 0 Å². The van der Waals surface area contributed by atoms with Crippen LogP contribution >= 0.6 is 0 Å². The van der Waals surface area contributed by atoms with Crippen molar-refractivity contribution in [2.45, 2.75) is 52.1 Å². The van der Waals surface area contributed by atoms with Crippen LogP contribution in [-0.2, 0) is 0 Å². The summed E-state index contributed by atoms with van der Waals surface area (Å²) in [6.45, 7) is 4.42. The Bertz CT molecular complexity index is 536. The Morgan fingerprint density at radius 1 is 1.15 bits per heavy atom. The maximum Gasteiger partial charge on any atom is 0.0944 e. The second-order valence-corrected chi connectivity index (χ2v) is 5.44. The summed E-state index contributed by atoms with van der Waals surface area (Å²) >= 11 is 0. The van der Waals surface area contributed by atoms with Crippen molar-refractivity contribution in [3.8, 4) is 0 Å². The summed E-state index contributed by atoms with van der Waals surface area (Å²) in [5.41, 5.74) is 2.59. The van der Waals surface area contributed by atoms with Gasteiger partial charge >= 0.3 is 0 Å². The minimum absolute atomic E-state index is 0.447. The normalized spacial score (nSPS) is 14.3. The summed E-state index contributed by atoms with van der Waals surface area (Å²) in [4.78, 5) is 8.67. The third kappa shape index (κ3) is 3.54. The summed E-state index contributed by atoms with van der Waals surface area (Å²) in [5.74, 6) is 0.580. The Hall–Kier alpha value is -1.48. The fourth-order valence-corrected chi connectivity index (χ4v) is 2.71. The molecule has 1 aromatic carbocycles. The van der Waals surface area contributed by atoms with Crippen LogP contribution in [0.25, 0.3) is 11.0 Å². The van der Waals surface area contributed by atoms with Gasteiger partial charge in [-0.15, -0.1) is 0 Å². The van der Waals surface area contributed by atoms with E-state index in [-0.39, 0.29) is 0 Å². The number of fused-ring (bicyclic) bond motifs is 1. The van der Waals surface area contributed by atoms with Gasteiger partial charge in [0, 0.05) is 18.0 Å². The first kappa shape index (κ1) is 14.9. The van der Waals surface area contributed by atoms with Crippen molar-refractivity contribution in [1.82, 2.24) is 9.97 Å².